The monoisotopic (exact) mass is 613 g/mol. The highest BCUT2D eigenvalue weighted by atomic mass is 32.2. The third kappa shape index (κ3) is 5.94. The number of halogens is 2. The van der Waals surface area contributed by atoms with Crippen molar-refractivity contribution in [3.63, 3.8) is 0 Å². The number of piperidine rings is 1. The number of rotatable bonds is 9. The molecule has 3 aromatic rings. The van der Waals surface area contributed by atoms with E-state index >= 15 is 8.78 Å². The Morgan fingerprint density at radius 3 is 2.19 bits per heavy atom. The van der Waals surface area contributed by atoms with Crippen molar-refractivity contribution < 1.29 is 31.5 Å². The van der Waals surface area contributed by atoms with Crippen molar-refractivity contribution in [1.29, 1.82) is 0 Å². The van der Waals surface area contributed by atoms with Crippen LogP contribution in [0.15, 0.2) is 65.6 Å². The predicted molar refractivity (Wildman–Crippen MR) is 159 cm³/mol. The topological polar surface area (TPSA) is 111 Å². The lowest BCUT2D eigenvalue weighted by molar-refractivity contribution is -0.149. The first-order valence-electron chi connectivity index (χ1n) is 14.9. The van der Waals surface area contributed by atoms with Crippen molar-refractivity contribution in [3.8, 4) is 11.5 Å². The molecular weight excluding hydrogens is 576 g/mol. The third-order valence-corrected chi connectivity index (χ3v) is 10.5. The molecule has 2 bridgehead atoms. The van der Waals surface area contributed by atoms with Crippen molar-refractivity contribution in [1.82, 2.24) is 9.62 Å². The van der Waals surface area contributed by atoms with Gasteiger partial charge in [-0.3, -0.25) is 4.79 Å². The van der Waals surface area contributed by atoms with E-state index in [0.717, 1.165) is 43.2 Å². The van der Waals surface area contributed by atoms with Crippen LogP contribution in [0.5, 0.6) is 11.5 Å². The van der Waals surface area contributed by atoms with Gasteiger partial charge < -0.3 is 20.1 Å². The van der Waals surface area contributed by atoms with Gasteiger partial charge in [0.15, 0.2) is 6.04 Å². The van der Waals surface area contributed by atoms with Crippen LogP contribution in [-0.2, 0) is 20.7 Å². The van der Waals surface area contributed by atoms with Gasteiger partial charge in [0, 0.05) is 23.7 Å². The van der Waals surface area contributed by atoms with Crippen LogP contribution in [0.1, 0.15) is 56.9 Å². The number of carbonyl (C=O) groups excluding carboxylic acids is 1. The number of hydrogen-bond donors (Lipinski definition) is 2. The molecule has 2 saturated heterocycles. The van der Waals surface area contributed by atoms with E-state index < -0.39 is 33.5 Å². The number of ether oxygens (including phenoxy) is 2. The Labute approximate surface area is 250 Å². The minimum absolute atomic E-state index is 0.125. The zero-order valence-electron chi connectivity index (χ0n) is 24.0. The summed E-state index contributed by atoms with van der Waals surface area (Å²) in [7, 11) is -3.14. The first kappa shape index (κ1) is 29.8. The van der Waals surface area contributed by atoms with Crippen molar-refractivity contribution in [2.75, 3.05) is 7.11 Å². The first-order valence-corrected chi connectivity index (χ1v) is 16.4. The number of sulfonamides is 1. The van der Waals surface area contributed by atoms with E-state index in [1.807, 2.05) is 6.07 Å². The van der Waals surface area contributed by atoms with E-state index in [1.54, 1.807) is 18.2 Å². The Kier molecular flexibility index (Phi) is 8.08. The van der Waals surface area contributed by atoms with E-state index in [9.17, 15) is 13.2 Å². The normalized spacial score (nSPS) is 23.4. The summed E-state index contributed by atoms with van der Waals surface area (Å²) in [6, 6.07) is 11.7. The van der Waals surface area contributed by atoms with Gasteiger partial charge in [-0.2, -0.15) is 13.5 Å². The maximum absolute atomic E-state index is 16.3. The van der Waals surface area contributed by atoms with Crippen LogP contribution in [-0.4, -0.2) is 56.6 Å². The van der Waals surface area contributed by atoms with E-state index in [2.05, 4.69) is 4.72 Å². The zero-order chi connectivity index (χ0) is 30.4. The largest absolute Gasteiger partial charge is 0.497 e. The van der Waals surface area contributed by atoms with Crippen molar-refractivity contribution in [2.24, 2.45) is 5.73 Å². The Morgan fingerprint density at radius 1 is 0.930 bits per heavy atom. The lowest BCUT2D eigenvalue weighted by Crippen LogP contribution is -2.60. The van der Waals surface area contributed by atoms with Crippen LogP contribution in [0.4, 0.5) is 8.78 Å². The van der Waals surface area contributed by atoms with E-state index in [-0.39, 0.29) is 29.1 Å². The summed E-state index contributed by atoms with van der Waals surface area (Å²) in [6.07, 6.45) is 6.75. The molecule has 230 valence electrons. The minimum atomic E-state index is -4.55. The molecule has 3 aliphatic rings. The Balaban J connectivity index is 1.31. The number of fused-ring (bicyclic) bond motifs is 3. The van der Waals surface area contributed by atoms with Gasteiger partial charge in [-0.15, -0.1) is 0 Å². The zero-order valence-corrected chi connectivity index (χ0v) is 24.9. The molecule has 1 aliphatic carbocycles. The van der Waals surface area contributed by atoms with Gasteiger partial charge in [-0.05, 0) is 111 Å². The average Bonchev–Trinajstić information content (AvgIpc) is 3.60. The number of alkyl halides is 2. The van der Waals surface area contributed by atoms with Crippen molar-refractivity contribution in [2.45, 2.75) is 92.5 Å². The average molecular weight is 614 g/mol. The highest BCUT2D eigenvalue weighted by molar-refractivity contribution is 7.89. The van der Waals surface area contributed by atoms with E-state index in [1.165, 1.54) is 36.3 Å². The Morgan fingerprint density at radius 2 is 1.53 bits per heavy atom. The molecular formula is C32H37F2N3O5S. The molecule has 2 heterocycles. The van der Waals surface area contributed by atoms with Crippen molar-refractivity contribution >= 4 is 26.7 Å². The van der Waals surface area contributed by atoms with Gasteiger partial charge in [0.1, 0.15) is 11.5 Å². The number of nitrogens with one attached hydrogen (secondary N) is 1. The Hall–Kier alpha value is -3.28. The molecule has 43 heavy (non-hydrogen) atoms. The number of methoxy groups -OCH3 is 1. The van der Waals surface area contributed by atoms with E-state index in [4.69, 9.17) is 15.2 Å². The molecule has 3 atom stereocenters. The maximum atomic E-state index is 16.3. The van der Waals surface area contributed by atoms with Crippen molar-refractivity contribution in [3.05, 3.63) is 66.2 Å². The number of benzene rings is 3. The maximum Gasteiger partial charge on any atom is 0.298 e. The Bertz CT molecular complexity index is 1580. The molecule has 2 aliphatic heterocycles. The van der Waals surface area contributed by atoms with Crippen LogP contribution in [0.3, 0.4) is 0 Å². The molecule has 8 nitrogen and oxygen atoms in total. The quantitative estimate of drug-likeness (QED) is 0.348. The molecule has 1 amide bonds. The lowest BCUT2D eigenvalue weighted by Gasteiger charge is -2.41. The fraction of sp³-hybridized carbons (Fsp3) is 0.469. The number of nitrogens with two attached hydrogens (primary N) is 1. The van der Waals surface area contributed by atoms with Gasteiger partial charge in [0.25, 0.3) is 5.92 Å². The second-order valence-electron chi connectivity index (χ2n) is 12.0. The van der Waals surface area contributed by atoms with E-state index in [0.29, 0.717) is 42.6 Å². The summed E-state index contributed by atoms with van der Waals surface area (Å²) in [4.78, 5) is 15.2. The number of nitrogens with zero attached hydrogens (tertiary/aromatic N) is 1. The molecule has 3 N–H and O–H groups in total. The number of amides is 1. The van der Waals surface area contributed by atoms with Gasteiger partial charge in [-0.25, -0.2) is 8.42 Å². The lowest BCUT2D eigenvalue weighted by atomic mass is 9.94. The number of hydrogen-bond acceptors (Lipinski definition) is 6. The predicted octanol–water partition coefficient (Wildman–Crippen LogP) is 5.09. The molecule has 11 heteroatoms. The van der Waals surface area contributed by atoms with Crippen LogP contribution < -0.4 is 19.9 Å². The third-order valence-electron chi connectivity index (χ3n) is 9.08. The minimum Gasteiger partial charge on any atom is -0.497 e. The molecule has 3 fully saturated rings. The van der Waals surface area contributed by atoms with Crippen LogP contribution in [0.2, 0.25) is 0 Å². The second-order valence-corrected chi connectivity index (χ2v) is 13.7. The van der Waals surface area contributed by atoms with Gasteiger partial charge in [-0.1, -0.05) is 12.1 Å². The fourth-order valence-corrected chi connectivity index (χ4v) is 8.08. The van der Waals surface area contributed by atoms with Gasteiger partial charge in [0.05, 0.1) is 18.1 Å². The van der Waals surface area contributed by atoms with Crippen LogP contribution in [0.25, 0.3) is 10.8 Å². The highest BCUT2D eigenvalue weighted by Crippen LogP contribution is 2.40. The SMILES string of the molecule is COc1ccc(C(F)(F)C(NS(=O)(=O)c2ccc3cc(OC4CCCC4)ccc3c2)C(=O)N2C3CCC2CC(N)C3)cc1. The summed E-state index contributed by atoms with van der Waals surface area (Å²) in [6.45, 7) is 0. The van der Waals surface area contributed by atoms with Crippen LogP contribution in [0, 0.1) is 0 Å². The summed E-state index contributed by atoms with van der Waals surface area (Å²) in [5.74, 6) is -3.75. The molecule has 1 saturated carbocycles. The van der Waals surface area contributed by atoms with Crippen LogP contribution >= 0.6 is 0 Å². The summed E-state index contributed by atoms with van der Waals surface area (Å²) in [5.41, 5.74) is 5.66. The second kappa shape index (κ2) is 11.7. The number of carbonyl (C=O) groups is 1. The molecule has 3 aromatic carbocycles. The molecule has 0 spiro atoms. The van der Waals surface area contributed by atoms with Gasteiger partial charge >= 0.3 is 0 Å². The summed E-state index contributed by atoms with van der Waals surface area (Å²) in [5, 5.41) is 1.36. The fourth-order valence-electron chi connectivity index (χ4n) is 6.85. The molecule has 0 radical (unpaired) electrons. The van der Waals surface area contributed by atoms with Gasteiger partial charge in [0.2, 0.25) is 15.9 Å². The highest BCUT2D eigenvalue weighted by Gasteiger charge is 2.53. The smallest absolute Gasteiger partial charge is 0.298 e. The summed E-state index contributed by atoms with van der Waals surface area (Å²) >= 11 is 0. The first-order chi connectivity index (χ1) is 20.5. The summed E-state index contributed by atoms with van der Waals surface area (Å²) < 4.78 is 73.2. The molecule has 6 rings (SSSR count). The molecule has 3 unspecified atom stereocenters. The standard InChI is InChI=1S/C32H37F2N3O5S/c1-41-26-13-8-22(9-14-26)32(33,34)30(31(38)37-24-10-11-25(37)19-23(35)18-24)36-43(39,40)29-15-7-20-16-28(12-6-21(20)17-29)42-27-4-2-3-5-27/h6-9,12-17,23-25,27,30,36H,2-5,10-11,18-19,35H2,1H3. The molecule has 0 aromatic heterocycles.